The molecule has 0 bridgehead atoms. The Bertz CT molecular complexity index is 398. The fourth-order valence-electron chi connectivity index (χ4n) is 2.12. The van der Waals surface area contributed by atoms with Crippen LogP contribution in [0, 0.1) is 0 Å². The normalized spacial score (nSPS) is 25.8. The van der Waals surface area contributed by atoms with Crippen molar-refractivity contribution in [1.29, 1.82) is 0 Å². The molecule has 1 unspecified atom stereocenters. The number of aromatic nitrogens is 2. The van der Waals surface area contributed by atoms with E-state index in [1.807, 2.05) is 0 Å². The van der Waals surface area contributed by atoms with Crippen LogP contribution in [0.25, 0.3) is 0 Å². The van der Waals surface area contributed by atoms with Crippen LogP contribution >= 0.6 is 0 Å². The average molecular weight is 223 g/mol. The summed E-state index contributed by atoms with van der Waals surface area (Å²) in [6.45, 7) is 2.88. The highest BCUT2D eigenvalue weighted by Crippen LogP contribution is 2.21. The molecule has 2 heterocycles. The molecule has 0 spiro atoms. The van der Waals surface area contributed by atoms with Crippen molar-refractivity contribution in [2.75, 3.05) is 13.1 Å². The number of nitrogens with zero attached hydrogens (tertiary/aromatic N) is 3. The molecule has 1 aliphatic heterocycles. The van der Waals surface area contributed by atoms with Crippen LogP contribution in [0.2, 0.25) is 0 Å². The largest absolute Gasteiger partial charge is 0.388 e. The molecule has 1 aliphatic rings. The van der Waals surface area contributed by atoms with Crippen molar-refractivity contribution in [3.8, 4) is 0 Å². The molecule has 0 saturated carbocycles. The predicted octanol–water partition coefficient (Wildman–Crippen LogP) is 0.407. The van der Waals surface area contributed by atoms with Crippen LogP contribution < -0.4 is 0 Å². The Kier molecular flexibility index (Phi) is 2.71. The molecule has 1 atom stereocenters. The van der Waals surface area contributed by atoms with Crippen molar-refractivity contribution in [1.82, 2.24) is 14.5 Å². The van der Waals surface area contributed by atoms with Crippen LogP contribution in [-0.4, -0.2) is 44.2 Å². The summed E-state index contributed by atoms with van der Waals surface area (Å²) in [5, 5.41) is 9.94. The van der Waals surface area contributed by atoms with Gasteiger partial charge in [-0.1, -0.05) is 0 Å². The Morgan fingerprint density at radius 2 is 2.38 bits per heavy atom. The molecule has 1 N–H and O–H groups in total. The van der Waals surface area contributed by atoms with E-state index in [0.717, 1.165) is 12.8 Å². The first-order chi connectivity index (χ1) is 7.49. The number of piperidine rings is 1. The van der Waals surface area contributed by atoms with Crippen molar-refractivity contribution in [2.24, 2.45) is 7.05 Å². The topological polar surface area (TPSA) is 58.4 Å². The number of amides is 1. The number of carbonyl (C=O) groups is 1. The Hall–Kier alpha value is -1.36. The highest BCUT2D eigenvalue weighted by Gasteiger charge is 2.31. The van der Waals surface area contributed by atoms with E-state index >= 15 is 0 Å². The van der Waals surface area contributed by atoms with E-state index in [2.05, 4.69) is 4.98 Å². The summed E-state index contributed by atoms with van der Waals surface area (Å²) in [7, 11) is 1.79. The van der Waals surface area contributed by atoms with Gasteiger partial charge in [-0.25, -0.2) is 4.98 Å². The third-order valence-electron chi connectivity index (χ3n) is 3.00. The van der Waals surface area contributed by atoms with Gasteiger partial charge in [0.1, 0.15) is 5.69 Å². The van der Waals surface area contributed by atoms with E-state index in [-0.39, 0.29) is 5.91 Å². The zero-order valence-electron chi connectivity index (χ0n) is 9.68. The average Bonchev–Trinajstić information content (AvgIpc) is 2.62. The number of hydrogen-bond acceptors (Lipinski definition) is 3. The van der Waals surface area contributed by atoms with Gasteiger partial charge in [-0.05, 0) is 19.8 Å². The number of aryl methyl sites for hydroxylation is 1. The van der Waals surface area contributed by atoms with E-state index < -0.39 is 5.60 Å². The monoisotopic (exact) mass is 223 g/mol. The molecule has 0 radical (unpaired) electrons. The molecule has 16 heavy (non-hydrogen) atoms. The fraction of sp³-hybridized carbons (Fsp3) is 0.636. The molecule has 1 aromatic rings. The quantitative estimate of drug-likeness (QED) is 0.750. The number of carbonyl (C=O) groups excluding carboxylic acids is 1. The second-order valence-electron chi connectivity index (χ2n) is 4.72. The standard InChI is InChI=1S/C11H17N3O2/c1-11(16)4-3-5-14(7-11)10(15)9-6-12-8-13(9)2/h6,8,16H,3-5,7H2,1-2H3. The zero-order chi connectivity index (χ0) is 11.8. The predicted molar refractivity (Wildman–Crippen MR) is 59.0 cm³/mol. The molecule has 5 heteroatoms. The summed E-state index contributed by atoms with van der Waals surface area (Å²) in [5.74, 6) is -0.0556. The van der Waals surface area contributed by atoms with Gasteiger partial charge < -0.3 is 14.6 Å². The van der Waals surface area contributed by atoms with Crippen LogP contribution in [-0.2, 0) is 7.05 Å². The minimum absolute atomic E-state index is 0.0556. The van der Waals surface area contributed by atoms with Gasteiger partial charge >= 0.3 is 0 Å². The van der Waals surface area contributed by atoms with Gasteiger partial charge in [-0.15, -0.1) is 0 Å². The second-order valence-corrected chi connectivity index (χ2v) is 4.72. The molecule has 0 aliphatic carbocycles. The summed E-state index contributed by atoms with van der Waals surface area (Å²) < 4.78 is 1.70. The van der Waals surface area contributed by atoms with E-state index in [4.69, 9.17) is 0 Å². The number of rotatable bonds is 1. The number of likely N-dealkylation sites (tertiary alicyclic amines) is 1. The van der Waals surface area contributed by atoms with Crippen molar-refractivity contribution in [2.45, 2.75) is 25.4 Å². The van der Waals surface area contributed by atoms with Gasteiger partial charge in [0.05, 0.1) is 18.1 Å². The highest BCUT2D eigenvalue weighted by atomic mass is 16.3. The lowest BCUT2D eigenvalue weighted by Crippen LogP contribution is -2.48. The summed E-state index contributed by atoms with van der Waals surface area (Å²) in [5.41, 5.74) is -0.190. The lowest BCUT2D eigenvalue weighted by atomic mass is 9.95. The second kappa shape index (κ2) is 3.90. The summed E-state index contributed by atoms with van der Waals surface area (Å²) >= 11 is 0. The van der Waals surface area contributed by atoms with E-state index in [1.165, 1.54) is 0 Å². The molecule has 2 rings (SSSR count). The minimum Gasteiger partial charge on any atom is -0.388 e. The molecule has 1 saturated heterocycles. The molecular weight excluding hydrogens is 206 g/mol. The number of hydrogen-bond donors (Lipinski definition) is 1. The van der Waals surface area contributed by atoms with E-state index in [1.54, 1.807) is 36.0 Å². The third-order valence-corrected chi connectivity index (χ3v) is 3.00. The van der Waals surface area contributed by atoms with Crippen molar-refractivity contribution < 1.29 is 9.90 Å². The van der Waals surface area contributed by atoms with Crippen molar-refractivity contribution >= 4 is 5.91 Å². The van der Waals surface area contributed by atoms with Crippen LogP contribution in [0.1, 0.15) is 30.3 Å². The van der Waals surface area contributed by atoms with Gasteiger partial charge in [0.15, 0.2) is 0 Å². The smallest absolute Gasteiger partial charge is 0.272 e. The SMILES string of the molecule is Cn1cncc1C(=O)N1CCCC(C)(O)C1. The van der Waals surface area contributed by atoms with Gasteiger partial charge in [0.2, 0.25) is 0 Å². The first kappa shape index (κ1) is 11.1. The van der Waals surface area contributed by atoms with Crippen LogP contribution in [0.5, 0.6) is 0 Å². The Balaban J connectivity index is 2.14. The van der Waals surface area contributed by atoms with Gasteiger partial charge in [-0.3, -0.25) is 4.79 Å². The molecule has 88 valence electrons. The Morgan fingerprint density at radius 1 is 1.62 bits per heavy atom. The van der Waals surface area contributed by atoms with Crippen molar-refractivity contribution in [3.63, 3.8) is 0 Å². The molecule has 1 fully saturated rings. The molecule has 0 aromatic carbocycles. The van der Waals surface area contributed by atoms with Crippen LogP contribution in [0.3, 0.4) is 0 Å². The van der Waals surface area contributed by atoms with Gasteiger partial charge in [0, 0.05) is 20.1 Å². The van der Waals surface area contributed by atoms with Gasteiger partial charge in [-0.2, -0.15) is 0 Å². The minimum atomic E-state index is -0.757. The fourth-order valence-corrected chi connectivity index (χ4v) is 2.12. The Morgan fingerprint density at radius 3 is 2.94 bits per heavy atom. The molecule has 1 aromatic heterocycles. The third kappa shape index (κ3) is 2.09. The number of imidazole rings is 1. The number of β-amino-alcohol motifs (C(OH)–C–C–N with tert-alkyl or cyclic N) is 1. The van der Waals surface area contributed by atoms with Gasteiger partial charge in [0.25, 0.3) is 5.91 Å². The maximum absolute atomic E-state index is 12.1. The van der Waals surface area contributed by atoms with Crippen LogP contribution in [0.15, 0.2) is 12.5 Å². The summed E-state index contributed by atoms with van der Waals surface area (Å²) in [6, 6.07) is 0. The molecular formula is C11H17N3O2. The van der Waals surface area contributed by atoms with E-state index in [9.17, 15) is 9.90 Å². The Labute approximate surface area is 94.7 Å². The maximum atomic E-state index is 12.1. The molecule has 5 nitrogen and oxygen atoms in total. The number of aliphatic hydroxyl groups is 1. The zero-order valence-corrected chi connectivity index (χ0v) is 9.68. The first-order valence-corrected chi connectivity index (χ1v) is 5.47. The van der Waals surface area contributed by atoms with E-state index in [0.29, 0.717) is 18.8 Å². The van der Waals surface area contributed by atoms with Crippen LogP contribution in [0.4, 0.5) is 0 Å². The van der Waals surface area contributed by atoms with Crippen molar-refractivity contribution in [3.05, 3.63) is 18.2 Å². The summed E-state index contributed by atoms with van der Waals surface area (Å²) in [6.07, 6.45) is 4.76. The summed E-state index contributed by atoms with van der Waals surface area (Å²) in [4.78, 5) is 17.7. The first-order valence-electron chi connectivity index (χ1n) is 5.47. The maximum Gasteiger partial charge on any atom is 0.272 e. The molecule has 1 amide bonds. The lowest BCUT2D eigenvalue weighted by molar-refractivity contribution is -0.0110. The highest BCUT2D eigenvalue weighted by molar-refractivity contribution is 5.92. The lowest BCUT2D eigenvalue weighted by Gasteiger charge is -2.36.